The van der Waals surface area contributed by atoms with Crippen LogP contribution in [0.4, 0.5) is 10.1 Å². The van der Waals surface area contributed by atoms with Crippen molar-refractivity contribution in [1.82, 2.24) is 0 Å². The fourth-order valence-corrected chi connectivity index (χ4v) is 1.81. The molecule has 0 aromatic heterocycles. The second-order valence-corrected chi connectivity index (χ2v) is 4.32. The predicted octanol–water partition coefficient (Wildman–Crippen LogP) is 1.96. The highest BCUT2D eigenvalue weighted by molar-refractivity contribution is 5.96. The lowest BCUT2D eigenvalue weighted by Gasteiger charge is -2.11. The molecular formula is C15H12FN3O2. The number of hydrogen-bond acceptors (Lipinski definition) is 4. The molecule has 2 aromatic rings. The lowest BCUT2D eigenvalue weighted by Crippen LogP contribution is -2.13. The lowest BCUT2D eigenvalue weighted by atomic mass is 10.1. The van der Waals surface area contributed by atoms with Crippen molar-refractivity contribution >= 4 is 11.6 Å². The molecule has 1 amide bonds. The van der Waals surface area contributed by atoms with Gasteiger partial charge in [0, 0.05) is 17.3 Å². The third-order valence-corrected chi connectivity index (χ3v) is 2.84. The molecule has 6 heteroatoms. The van der Waals surface area contributed by atoms with Crippen molar-refractivity contribution in [2.75, 3.05) is 5.73 Å². The maximum atomic E-state index is 13.2. The van der Waals surface area contributed by atoms with Gasteiger partial charge in [-0.15, -0.1) is 0 Å². The quantitative estimate of drug-likeness (QED) is 0.838. The van der Waals surface area contributed by atoms with Crippen LogP contribution in [0, 0.1) is 17.1 Å². The molecular weight excluding hydrogens is 273 g/mol. The molecule has 2 rings (SSSR count). The van der Waals surface area contributed by atoms with Crippen LogP contribution in [0.25, 0.3) is 0 Å². The number of nitriles is 1. The predicted molar refractivity (Wildman–Crippen MR) is 74.8 cm³/mol. The first-order chi connectivity index (χ1) is 10.0. The van der Waals surface area contributed by atoms with Crippen molar-refractivity contribution in [3.63, 3.8) is 0 Å². The molecule has 0 atom stereocenters. The Morgan fingerprint density at radius 2 is 2.05 bits per heavy atom. The zero-order valence-electron chi connectivity index (χ0n) is 11.0. The standard InChI is InChI=1S/C15H12FN3O2/c16-11-2-1-9(7-17)10(5-11)8-21-14-6-12(18)3-4-13(14)15(19)20/h1-6H,8,18H2,(H2,19,20). The summed E-state index contributed by atoms with van der Waals surface area (Å²) >= 11 is 0. The molecule has 0 fully saturated rings. The molecule has 0 bridgehead atoms. The SMILES string of the molecule is N#Cc1ccc(F)cc1COc1cc(N)ccc1C(N)=O. The molecule has 0 heterocycles. The normalized spacial score (nSPS) is 9.90. The molecule has 2 aromatic carbocycles. The Labute approximate surface area is 120 Å². The maximum absolute atomic E-state index is 13.2. The molecule has 0 saturated carbocycles. The fraction of sp³-hybridized carbons (Fsp3) is 0.0667. The van der Waals surface area contributed by atoms with Gasteiger partial charge in [-0.1, -0.05) is 0 Å². The number of amides is 1. The Balaban J connectivity index is 2.29. The number of carbonyl (C=O) groups is 1. The van der Waals surface area contributed by atoms with Gasteiger partial charge in [-0.3, -0.25) is 4.79 Å². The van der Waals surface area contributed by atoms with E-state index in [0.29, 0.717) is 16.8 Å². The maximum Gasteiger partial charge on any atom is 0.252 e. The molecule has 4 N–H and O–H groups in total. The van der Waals surface area contributed by atoms with Gasteiger partial charge < -0.3 is 16.2 Å². The number of anilines is 1. The molecule has 5 nitrogen and oxygen atoms in total. The second kappa shape index (κ2) is 5.92. The van der Waals surface area contributed by atoms with E-state index in [9.17, 15) is 9.18 Å². The molecule has 0 spiro atoms. The van der Waals surface area contributed by atoms with E-state index in [1.165, 1.54) is 36.4 Å². The van der Waals surface area contributed by atoms with Gasteiger partial charge in [-0.05, 0) is 30.3 Å². The number of nitrogens with zero attached hydrogens (tertiary/aromatic N) is 1. The third-order valence-electron chi connectivity index (χ3n) is 2.84. The minimum Gasteiger partial charge on any atom is -0.488 e. The first kappa shape index (κ1) is 14.3. The molecule has 0 radical (unpaired) electrons. The van der Waals surface area contributed by atoms with Crippen LogP contribution in [0.3, 0.4) is 0 Å². The van der Waals surface area contributed by atoms with Gasteiger partial charge >= 0.3 is 0 Å². The van der Waals surface area contributed by atoms with Crippen LogP contribution in [-0.4, -0.2) is 5.91 Å². The van der Waals surface area contributed by atoms with Crippen LogP contribution in [0.5, 0.6) is 5.75 Å². The van der Waals surface area contributed by atoms with Crippen molar-refractivity contribution in [3.8, 4) is 11.8 Å². The number of carbonyl (C=O) groups excluding carboxylic acids is 1. The summed E-state index contributed by atoms with van der Waals surface area (Å²) < 4.78 is 18.7. The van der Waals surface area contributed by atoms with Crippen molar-refractivity contribution in [3.05, 3.63) is 58.9 Å². The topological polar surface area (TPSA) is 102 Å². The summed E-state index contributed by atoms with van der Waals surface area (Å²) in [5.74, 6) is -0.948. The molecule has 0 aliphatic carbocycles. The van der Waals surface area contributed by atoms with Crippen LogP contribution in [0.1, 0.15) is 21.5 Å². The van der Waals surface area contributed by atoms with Gasteiger partial charge in [0.25, 0.3) is 5.91 Å². The van der Waals surface area contributed by atoms with Crippen molar-refractivity contribution in [2.24, 2.45) is 5.73 Å². The average Bonchev–Trinajstić information content (AvgIpc) is 2.45. The van der Waals surface area contributed by atoms with Gasteiger partial charge in [0.05, 0.1) is 17.2 Å². The third kappa shape index (κ3) is 3.28. The number of hydrogen-bond donors (Lipinski definition) is 2. The first-order valence-corrected chi connectivity index (χ1v) is 6.02. The Kier molecular flexibility index (Phi) is 4.05. The molecule has 0 aliphatic rings. The van der Waals surface area contributed by atoms with Crippen molar-refractivity contribution < 1.29 is 13.9 Å². The van der Waals surface area contributed by atoms with Gasteiger partial charge in [0.1, 0.15) is 18.2 Å². The molecule has 0 saturated heterocycles. The summed E-state index contributed by atoms with van der Waals surface area (Å²) in [5.41, 5.74) is 12.1. The van der Waals surface area contributed by atoms with Crippen LogP contribution in [-0.2, 0) is 6.61 Å². The highest BCUT2D eigenvalue weighted by Crippen LogP contribution is 2.23. The summed E-state index contributed by atoms with van der Waals surface area (Å²) in [6.07, 6.45) is 0. The number of benzene rings is 2. The number of primary amides is 1. The second-order valence-electron chi connectivity index (χ2n) is 4.32. The largest absolute Gasteiger partial charge is 0.488 e. The van der Waals surface area contributed by atoms with Gasteiger partial charge in [0.15, 0.2) is 0 Å². The van der Waals surface area contributed by atoms with Crippen LogP contribution in [0.15, 0.2) is 36.4 Å². The van der Waals surface area contributed by atoms with E-state index in [1.54, 1.807) is 0 Å². The van der Waals surface area contributed by atoms with E-state index >= 15 is 0 Å². The van der Waals surface area contributed by atoms with E-state index in [2.05, 4.69) is 0 Å². The minimum atomic E-state index is -0.662. The first-order valence-electron chi connectivity index (χ1n) is 6.02. The highest BCUT2D eigenvalue weighted by Gasteiger charge is 2.11. The summed E-state index contributed by atoms with van der Waals surface area (Å²) in [4.78, 5) is 11.3. The zero-order chi connectivity index (χ0) is 15.4. The Hall–Kier alpha value is -3.07. The smallest absolute Gasteiger partial charge is 0.252 e. The van der Waals surface area contributed by atoms with Gasteiger partial charge in [-0.2, -0.15) is 5.26 Å². The summed E-state index contributed by atoms with van der Waals surface area (Å²) in [5, 5.41) is 8.97. The minimum absolute atomic E-state index is 0.0790. The number of ether oxygens (including phenoxy) is 1. The van der Waals surface area contributed by atoms with E-state index in [1.807, 2.05) is 6.07 Å². The van der Waals surface area contributed by atoms with Crippen LogP contribution >= 0.6 is 0 Å². The summed E-state index contributed by atoms with van der Waals surface area (Å²) in [7, 11) is 0. The highest BCUT2D eigenvalue weighted by atomic mass is 19.1. The van der Waals surface area contributed by atoms with Gasteiger partial charge in [0.2, 0.25) is 0 Å². The van der Waals surface area contributed by atoms with E-state index < -0.39 is 11.7 Å². The van der Waals surface area contributed by atoms with E-state index in [0.717, 1.165) is 0 Å². The Morgan fingerprint density at radius 1 is 1.29 bits per heavy atom. The van der Waals surface area contributed by atoms with E-state index in [-0.39, 0.29) is 17.9 Å². The zero-order valence-corrected chi connectivity index (χ0v) is 11.0. The van der Waals surface area contributed by atoms with Gasteiger partial charge in [-0.25, -0.2) is 4.39 Å². The lowest BCUT2D eigenvalue weighted by molar-refractivity contribution is 0.0996. The Morgan fingerprint density at radius 3 is 2.71 bits per heavy atom. The molecule has 0 unspecified atom stereocenters. The summed E-state index contributed by atoms with van der Waals surface area (Å²) in [6, 6.07) is 10.1. The fourth-order valence-electron chi connectivity index (χ4n) is 1.81. The molecule has 21 heavy (non-hydrogen) atoms. The average molecular weight is 285 g/mol. The number of halogens is 1. The number of nitrogens with two attached hydrogens (primary N) is 2. The van der Waals surface area contributed by atoms with Crippen LogP contribution in [0.2, 0.25) is 0 Å². The number of rotatable bonds is 4. The van der Waals surface area contributed by atoms with Crippen molar-refractivity contribution in [1.29, 1.82) is 5.26 Å². The van der Waals surface area contributed by atoms with E-state index in [4.69, 9.17) is 21.5 Å². The van der Waals surface area contributed by atoms with Crippen molar-refractivity contribution in [2.45, 2.75) is 6.61 Å². The Bertz CT molecular complexity index is 738. The summed E-state index contributed by atoms with van der Waals surface area (Å²) in [6.45, 7) is -0.0790. The molecule has 0 aliphatic heterocycles. The number of nitrogen functional groups attached to an aromatic ring is 1. The molecule has 106 valence electrons. The monoisotopic (exact) mass is 285 g/mol. The van der Waals surface area contributed by atoms with Crippen LogP contribution < -0.4 is 16.2 Å².